The molecule has 0 saturated heterocycles. The van der Waals surface area contributed by atoms with E-state index < -0.39 is 4.92 Å². The number of anilines is 3. The van der Waals surface area contributed by atoms with Gasteiger partial charge < -0.3 is 0 Å². The highest BCUT2D eigenvalue weighted by molar-refractivity contribution is 5.72. The molecule has 0 unspecified atom stereocenters. The Labute approximate surface area is 126 Å². The zero-order valence-electron chi connectivity index (χ0n) is 11.5. The minimum absolute atomic E-state index is 0.0470. The quantitative estimate of drug-likeness (QED) is 0.539. The molecule has 108 valence electrons. The van der Waals surface area contributed by atoms with Crippen molar-refractivity contribution in [2.45, 2.75) is 0 Å². The SMILES string of the molecule is O=[N+]([O-])c1ccc(N(c2ccccn2)c2ccccn2)cc1. The van der Waals surface area contributed by atoms with Gasteiger partial charge in [-0.25, -0.2) is 9.97 Å². The second-order valence-corrected chi connectivity index (χ2v) is 4.48. The highest BCUT2D eigenvalue weighted by Gasteiger charge is 2.15. The molecule has 2 aromatic heterocycles. The summed E-state index contributed by atoms with van der Waals surface area (Å²) in [5.41, 5.74) is 0.800. The lowest BCUT2D eigenvalue weighted by Crippen LogP contribution is -2.12. The van der Waals surface area contributed by atoms with Crippen molar-refractivity contribution < 1.29 is 4.92 Å². The van der Waals surface area contributed by atoms with Gasteiger partial charge in [-0.15, -0.1) is 0 Å². The number of hydrogen-bond acceptors (Lipinski definition) is 5. The standard InChI is InChI=1S/C16H12N4O2/c21-20(22)14-9-7-13(8-10-14)19(15-5-1-3-11-17-15)16-6-2-4-12-18-16/h1-12H. The molecule has 0 N–H and O–H groups in total. The van der Waals surface area contributed by atoms with Gasteiger partial charge in [0.2, 0.25) is 0 Å². The maximum atomic E-state index is 10.8. The van der Waals surface area contributed by atoms with Crippen molar-refractivity contribution in [3.05, 3.63) is 83.2 Å². The van der Waals surface area contributed by atoms with Crippen LogP contribution in [0.5, 0.6) is 0 Å². The van der Waals surface area contributed by atoms with Gasteiger partial charge in [-0.05, 0) is 36.4 Å². The Morgan fingerprint density at radius 1 is 0.818 bits per heavy atom. The average Bonchev–Trinajstić information content (AvgIpc) is 2.57. The monoisotopic (exact) mass is 292 g/mol. The number of pyridine rings is 2. The summed E-state index contributed by atoms with van der Waals surface area (Å²) in [6, 6.07) is 17.4. The van der Waals surface area contributed by atoms with E-state index >= 15 is 0 Å². The molecule has 22 heavy (non-hydrogen) atoms. The van der Waals surface area contributed by atoms with Crippen molar-refractivity contribution >= 4 is 23.0 Å². The lowest BCUT2D eigenvalue weighted by Gasteiger charge is -2.22. The average molecular weight is 292 g/mol. The maximum absolute atomic E-state index is 10.8. The minimum Gasteiger partial charge on any atom is -0.279 e. The summed E-state index contributed by atoms with van der Waals surface area (Å²) in [5, 5.41) is 10.8. The van der Waals surface area contributed by atoms with E-state index in [0.29, 0.717) is 11.6 Å². The predicted molar refractivity (Wildman–Crippen MR) is 83.4 cm³/mol. The van der Waals surface area contributed by atoms with Crippen molar-refractivity contribution in [3.63, 3.8) is 0 Å². The number of rotatable bonds is 4. The van der Waals surface area contributed by atoms with Crippen molar-refractivity contribution in [3.8, 4) is 0 Å². The highest BCUT2D eigenvalue weighted by atomic mass is 16.6. The van der Waals surface area contributed by atoms with Crippen LogP contribution in [-0.2, 0) is 0 Å². The van der Waals surface area contributed by atoms with E-state index in [-0.39, 0.29) is 5.69 Å². The molecule has 0 radical (unpaired) electrons. The second-order valence-electron chi connectivity index (χ2n) is 4.48. The largest absolute Gasteiger partial charge is 0.279 e. The summed E-state index contributed by atoms with van der Waals surface area (Å²) < 4.78 is 0. The van der Waals surface area contributed by atoms with Gasteiger partial charge in [-0.2, -0.15) is 0 Å². The molecule has 0 aliphatic carbocycles. The molecule has 0 bridgehead atoms. The molecular weight excluding hydrogens is 280 g/mol. The first-order valence-corrected chi connectivity index (χ1v) is 6.62. The van der Waals surface area contributed by atoms with Crippen LogP contribution in [0.2, 0.25) is 0 Å². The van der Waals surface area contributed by atoms with Crippen LogP contribution in [-0.4, -0.2) is 14.9 Å². The number of nitro benzene ring substituents is 1. The van der Waals surface area contributed by atoms with Gasteiger partial charge in [0.05, 0.1) is 4.92 Å². The number of nitro groups is 1. The summed E-state index contributed by atoms with van der Waals surface area (Å²) in [5.74, 6) is 1.38. The number of non-ortho nitro benzene ring substituents is 1. The van der Waals surface area contributed by atoms with Crippen molar-refractivity contribution in [2.24, 2.45) is 0 Å². The summed E-state index contributed by atoms with van der Waals surface area (Å²) in [6.07, 6.45) is 3.38. The van der Waals surface area contributed by atoms with E-state index in [4.69, 9.17) is 0 Å². The smallest absolute Gasteiger partial charge is 0.269 e. The van der Waals surface area contributed by atoms with Gasteiger partial charge in [0.1, 0.15) is 11.6 Å². The van der Waals surface area contributed by atoms with Crippen LogP contribution < -0.4 is 4.90 Å². The van der Waals surface area contributed by atoms with Gasteiger partial charge in [0.15, 0.2) is 0 Å². The lowest BCUT2D eigenvalue weighted by molar-refractivity contribution is -0.384. The second kappa shape index (κ2) is 6.01. The molecule has 0 atom stereocenters. The first-order valence-electron chi connectivity index (χ1n) is 6.62. The first-order chi connectivity index (χ1) is 10.8. The van der Waals surface area contributed by atoms with Gasteiger partial charge in [0.25, 0.3) is 5.69 Å². The Balaban J connectivity index is 2.08. The molecule has 0 amide bonds. The van der Waals surface area contributed by atoms with E-state index in [1.807, 2.05) is 41.3 Å². The van der Waals surface area contributed by atoms with E-state index in [2.05, 4.69) is 9.97 Å². The fraction of sp³-hybridized carbons (Fsp3) is 0. The molecule has 2 heterocycles. The summed E-state index contributed by atoms with van der Waals surface area (Å²) in [6.45, 7) is 0. The van der Waals surface area contributed by atoms with Gasteiger partial charge in [-0.1, -0.05) is 12.1 Å². The maximum Gasteiger partial charge on any atom is 0.269 e. The Bertz CT molecular complexity index is 722. The van der Waals surface area contributed by atoms with E-state index in [9.17, 15) is 10.1 Å². The number of nitrogens with zero attached hydrogens (tertiary/aromatic N) is 4. The summed E-state index contributed by atoms with van der Waals surface area (Å²) >= 11 is 0. The van der Waals surface area contributed by atoms with Crippen LogP contribution in [0.4, 0.5) is 23.0 Å². The molecule has 0 aliphatic rings. The Morgan fingerprint density at radius 3 is 1.77 bits per heavy atom. The number of benzene rings is 1. The summed E-state index contributed by atoms with van der Waals surface area (Å²) in [4.78, 5) is 20.9. The Kier molecular flexibility index (Phi) is 3.74. The van der Waals surface area contributed by atoms with Crippen molar-refractivity contribution in [2.75, 3.05) is 4.90 Å². The molecule has 6 nitrogen and oxygen atoms in total. The van der Waals surface area contributed by atoms with Crippen LogP contribution in [0.25, 0.3) is 0 Å². The van der Waals surface area contributed by atoms with Crippen LogP contribution >= 0.6 is 0 Å². The van der Waals surface area contributed by atoms with E-state index in [1.165, 1.54) is 12.1 Å². The lowest BCUT2D eigenvalue weighted by atomic mass is 10.2. The molecule has 0 saturated carbocycles. The zero-order chi connectivity index (χ0) is 15.4. The number of aromatic nitrogens is 2. The third-order valence-electron chi connectivity index (χ3n) is 3.08. The summed E-state index contributed by atoms with van der Waals surface area (Å²) in [7, 11) is 0. The van der Waals surface area contributed by atoms with Gasteiger partial charge >= 0.3 is 0 Å². The molecule has 1 aromatic carbocycles. The van der Waals surface area contributed by atoms with Crippen LogP contribution in [0.15, 0.2) is 73.1 Å². The van der Waals surface area contributed by atoms with E-state index in [0.717, 1.165) is 5.69 Å². The molecule has 3 rings (SSSR count). The first kappa shape index (κ1) is 13.7. The fourth-order valence-corrected chi connectivity index (χ4v) is 2.08. The highest BCUT2D eigenvalue weighted by Crippen LogP contribution is 2.32. The van der Waals surface area contributed by atoms with Crippen LogP contribution in [0.1, 0.15) is 0 Å². The predicted octanol–water partition coefficient (Wildman–Crippen LogP) is 3.85. The Morgan fingerprint density at radius 2 is 1.36 bits per heavy atom. The normalized spacial score (nSPS) is 10.2. The van der Waals surface area contributed by atoms with Crippen molar-refractivity contribution in [1.82, 2.24) is 9.97 Å². The van der Waals surface area contributed by atoms with E-state index in [1.54, 1.807) is 24.5 Å². The molecule has 0 fully saturated rings. The topological polar surface area (TPSA) is 72.2 Å². The zero-order valence-corrected chi connectivity index (χ0v) is 11.5. The van der Waals surface area contributed by atoms with Crippen molar-refractivity contribution in [1.29, 1.82) is 0 Å². The minimum atomic E-state index is -0.421. The Hall–Kier alpha value is -3.28. The molecule has 3 aromatic rings. The molecule has 0 aliphatic heterocycles. The van der Waals surface area contributed by atoms with Gasteiger partial charge in [0, 0.05) is 30.2 Å². The third kappa shape index (κ3) is 2.76. The molecule has 6 heteroatoms. The fourth-order valence-electron chi connectivity index (χ4n) is 2.08. The molecular formula is C16H12N4O2. The van der Waals surface area contributed by atoms with Crippen LogP contribution in [0.3, 0.4) is 0 Å². The molecule has 0 spiro atoms. The number of hydrogen-bond donors (Lipinski definition) is 0. The van der Waals surface area contributed by atoms with Gasteiger partial charge in [-0.3, -0.25) is 15.0 Å². The third-order valence-corrected chi connectivity index (χ3v) is 3.08. The van der Waals surface area contributed by atoms with Crippen LogP contribution in [0, 0.1) is 10.1 Å².